The Morgan fingerprint density at radius 3 is 2.50 bits per heavy atom. The van der Waals surface area contributed by atoms with Crippen molar-refractivity contribution in [3.05, 3.63) is 29.8 Å². The average Bonchev–Trinajstić information content (AvgIpc) is 2.39. The zero-order valence-electron chi connectivity index (χ0n) is 11.9. The third-order valence-corrected chi connectivity index (χ3v) is 3.55. The summed E-state index contributed by atoms with van der Waals surface area (Å²) >= 11 is 0. The summed E-state index contributed by atoms with van der Waals surface area (Å²) in [5, 5.41) is 0. The first-order chi connectivity index (χ1) is 8.53. The largest absolute Gasteiger partial charge is 0.491 e. The van der Waals surface area contributed by atoms with Gasteiger partial charge in [-0.2, -0.15) is 0 Å². The minimum absolute atomic E-state index is 0.0266. The molecule has 18 heavy (non-hydrogen) atoms. The van der Waals surface area contributed by atoms with Gasteiger partial charge in [-0.3, -0.25) is 0 Å². The Morgan fingerprint density at radius 1 is 1.22 bits per heavy atom. The molecule has 1 unspecified atom stereocenters. The van der Waals surface area contributed by atoms with E-state index in [-0.39, 0.29) is 11.5 Å². The second kappa shape index (κ2) is 6.76. The van der Waals surface area contributed by atoms with E-state index >= 15 is 0 Å². The molecule has 0 aliphatic heterocycles. The molecule has 0 fully saturated rings. The van der Waals surface area contributed by atoms with Crippen molar-refractivity contribution in [2.75, 3.05) is 20.3 Å². The van der Waals surface area contributed by atoms with Crippen molar-refractivity contribution >= 4 is 0 Å². The molecular formula is C15H25NO2. The number of hydrogen-bond acceptors (Lipinski definition) is 3. The van der Waals surface area contributed by atoms with Crippen molar-refractivity contribution < 1.29 is 9.47 Å². The van der Waals surface area contributed by atoms with E-state index in [0.29, 0.717) is 13.2 Å². The van der Waals surface area contributed by atoms with Crippen LogP contribution < -0.4 is 10.5 Å². The monoisotopic (exact) mass is 251 g/mol. The van der Waals surface area contributed by atoms with E-state index in [2.05, 4.69) is 20.8 Å². The van der Waals surface area contributed by atoms with E-state index in [9.17, 15) is 0 Å². The van der Waals surface area contributed by atoms with Crippen LogP contribution >= 0.6 is 0 Å². The molecule has 0 bridgehead atoms. The predicted octanol–water partition coefficient (Wildman–Crippen LogP) is 3.15. The van der Waals surface area contributed by atoms with Gasteiger partial charge in [0.15, 0.2) is 0 Å². The van der Waals surface area contributed by atoms with Gasteiger partial charge in [-0.15, -0.1) is 0 Å². The molecule has 0 spiro atoms. The molecule has 1 aromatic rings. The molecule has 3 heteroatoms. The summed E-state index contributed by atoms with van der Waals surface area (Å²) in [6, 6.07) is 7.96. The summed E-state index contributed by atoms with van der Waals surface area (Å²) in [4.78, 5) is 0. The Hall–Kier alpha value is -1.06. The van der Waals surface area contributed by atoms with Crippen LogP contribution in [0, 0.1) is 5.41 Å². The second-order valence-corrected chi connectivity index (χ2v) is 5.20. The van der Waals surface area contributed by atoms with Crippen molar-refractivity contribution in [2.45, 2.75) is 33.2 Å². The number of ether oxygens (including phenoxy) is 2. The first kappa shape index (κ1) is 15.0. The quantitative estimate of drug-likeness (QED) is 0.757. The van der Waals surface area contributed by atoms with Gasteiger partial charge in [0, 0.05) is 18.7 Å². The van der Waals surface area contributed by atoms with Crippen molar-refractivity contribution in [3.8, 4) is 5.75 Å². The lowest BCUT2D eigenvalue weighted by molar-refractivity contribution is 0.144. The summed E-state index contributed by atoms with van der Waals surface area (Å²) in [6.07, 6.45) is 1.03. The van der Waals surface area contributed by atoms with Crippen LogP contribution in [0.4, 0.5) is 0 Å². The van der Waals surface area contributed by atoms with Crippen LogP contribution in [0.3, 0.4) is 0 Å². The van der Waals surface area contributed by atoms with E-state index in [0.717, 1.165) is 17.7 Å². The number of rotatable bonds is 7. The average molecular weight is 251 g/mol. The van der Waals surface area contributed by atoms with E-state index in [1.807, 2.05) is 24.3 Å². The molecule has 2 N–H and O–H groups in total. The lowest BCUT2D eigenvalue weighted by Gasteiger charge is -2.31. The van der Waals surface area contributed by atoms with Crippen LogP contribution in [0.2, 0.25) is 0 Å². The van der Waals surface area contributed by atoms with Gasteiger partial charge in [0.2, 0.25) is 0 Å². The Bertz CT molecular complexity index is 363. The molecule has 1 atom stereocenters. The fourth-order valence-electron chi connectivity index (χ4n) is 1.74. The number of methoxy groups -OCH3 is 1. The molecule has 3 nitrogen and oxygen atoms in total. The third-order valence-electron chi connectivity index (χ3n) is 3.55. The maximum absolute atomic E-state index is 6.38. The van der Waals surface area contributed by atoms with Crippen LogP contribution in [0.5, 0.6) is 5.75 Å². The lowest BCUT2D eigenvalue weighted by Crippen LogP contribution is -2.29. The molecular weight excluding hydrogens is 226 g/mol. The number of hydrogen-bond donors (Lipinski definition) is 1. The van der Waals surface area contributed by atoms with Crippen LogP contribution in [-0.2, 0) is 4.74 Å². The summed E-state index contributed by atoms with van der Waals surface area (Å²) < 4.78 is 10.7. The van der Waals surface area contributed by atoms with Crippen molar-refractivity contribution in [3.63, 3.8) is 0 Å². The van der Waals surface area contributed by atoms with Crippen molar-refractivity contribution in [1.29, 1.82) is 0 Å². The smallest absolute Gasteiger partial charge is 0.124 e. The van der Waals surface area contributed by atoms with Gasteiger partial charge < -0.3 is 15.2 Å². The highest BCUT2D eigenvalue weighted by Crippen LogP contribution is 2.38. The van der Waals surface area contributed by atoms with Crippen LogP contribution in [0.15, 0.2) is 24.3 Å². The zero-order chi connectivity index (χ0) is 13.6. The van der Waals surface area contributed by atoms with Crippen LogP contribution in [-0.4, -0.2) is 20.3 Å². The number of para-hydroxylation sites is 1. The molecule has 0 aliphatic carbocycles. The molecule has 0 radical (unpaired) electrons. The first-order valence-electron chi connectivity index (χ1n) is 6.49. The van der Waals surface area contributed by atoms with E-state index in [1.165, 1.54) is 0 Å². The molecule has 0 aromatic heterocycles. The maximum Gasteiger partial charge on any atom is 0.124 e. The Kier molecular flexibility index (Phi) is 5.63. The minimum Gasteiger partial charge on any atom is -0.491 e. The van der Waals surface area contributed by atoms with Gasteiger partial charge in [-0.25, -0.2) is 0 Å². The van der Waals surface area contributed by atoms with E-state index in [4.69, 9.17) is 15.2 Å². The van der Waals surface area contributed by atoms with Gasteiger partial charge in [-0.05, 0) is 17.9 Å². The van der Waals surface area contributed by atoms with E-state index in [1.54, 1.807) is 7.11 Å². The topological polar surface area (TPSA) is 44.5 Å². The SMILES string of the molecule is CCC(C)(C)C(N)c1ccccc1OCCOC. The highest BCUT2D eigenvalue weighted by Gasteiger charge is 2.27. The Balaban J connectivity index is 2.87. The number of benzene rings is 1. The molecule has 0 aliphatic rings. The summed E-state index contributed by atoms with van der Waals surface area (Å²) in [5.74, 6) is 0.864. The summed E-state index contributed by atoms with van der Waals surface area (Å²) in [6.45, 7) is 7.66. The Labute approximate surface area is 110 Å². The standard InChI is InChI=1S/C15H25NO2/c1-5-15(2,3)14(16)12-8-6-7-9-13(12)18-11-10-17-4/h6-9,14H,5,10-11,16H2,1-4H3. The van der Waals surface area contributed by atoms with Crippen molar-refractivity contribution in [2.24, 2.45) is 11.1 Å². The van der Waals surface area contributed by atoms with Gasteiger partial charge in [0.05, 0.1) is 6.61 Å². The van der Waals surface area contributed by atoms with Gasteiger partial charge in [0.25, 0.3) is 0 Å². The normalized spacial score (nSPS) is 13.4. The second-order valence-electron chi connectivity index (χ2n) is 5.20. The minimum atomic E-state index is -0.0266. The molecule has 0 heterocycles. The van der Waals surface area contributed by atoms with Gasteiger partial charge in [0.1, 0.15) is 12.4 Å². The highest BCUT2D eigenvalue weighted by atomic mass is 16.5. The predicted molar refractivity (Wildman–Crippen MR) is 74.8 cm³/mol. The lowest BCUT2D eigenvalue weighted by atomic mass is 9.78. The molecule has 1 rings (SSSR count). The maximum atomic E-state index is 6.38. The summed E-state index contributed by atoms with van der Waals surface area (Å²) in [5.41, 5.74) is 7.50. The van der Waals surface area contributed by atoms with Gasteiger partial charge in [-0.1, -0.05) is 39.0 Å². The van der Waals surface area contributed by atoms with Crippen LogP contribution in [0.25, 0.3) is 0 Å². The first-order valence-corrected chi connectivity index (χ1v) is 6.49. The van der Waals surface area contributed by atoms with E-state index < -0.39 is 0 Å². The molecule has 0 amide bonds. The molecule has 0 saturated carbocycles. The van der Waals surface area contributed by atoms with Crippen molar-refractivity contribution in [1.82, 2.24) is 0 Å². The summed E-state index contributed by atoms with van der Waals surface area (Å²) in [7, 11) is 1.67. The number of nitrogens with two attached hydrogens (primary N) is 1. The Morgan fingerprint density at radius 2 is 1.89 bits per heavy atom. The fraction of sp³-hybridized carbons (Fsp3) is 0.600. The highest BCUT2D eigenvalue weighted by molar-refractivity contribution is 5.36. The fourth-order valence-corrected chi connectivity index (χ4v) is 1.74. The molecule has 0 saturated heterocycles. The van der Waals surface area contributed by atoms with Gasteiger partial charge >= 0.3 is 0 Å². The van der Waals surface area contributed by atoms with Crippen LogP contribution in [0.1, 0.15) is 38.8 Å². The zero-order valence-corrected chi connectivity index (χ0v) is 11.9. The molecule has 1 aromatic carbocycles. The third kappa shape index (κ3) is 3.72. The molecule has 102 valence electrons.